The maximum atomic E-state index is 14.6. The standard InChI is InChI=1S/C25H27F6N3O3S/c1-14-21(27)11-23(34(14)38(36,37)19-8-6-17(26)7-9-19)24(35)33-12-18-10-20(22(28)13-32-18)15-2-4-16(5-3-15)25(29,30)31/h6-10,13-16,21,23H,2-5,11-12H2,1H3,(H,33,35)/t14-,15-,16+,21+,23-/m0/s1. The van der Waals surface area contributed by atoms with E-state index in [0.29, 0.717) is 0 Å². The van der Waals surface area contributed by atoms with E-state index in [1.165, 1.54) is 13.0 Å². The number of sulfonamides is 1. The molecule has 0 unspecified atom stereocenters. The summed E-state index contributed by atoms with van der Waals surface area (Å²) < 4.78 is 108. The van der Waals surface area contributed by atoms with Gasteiger partial charge in [0, 0.05) is 6.42 Å². The average molecular weight is 564 g/mol. The van der Waals surface area contributed by atoms with Crippen LogP contribution in [0.1, 0.15) is 56.2 Å². The predicted molar refractivity (Wildman–Crippen MR) is 125 cm³/mol. The zero-order valence-corrected chi connectivity index (χ0v) is 21.2. The summed E-state index contributed by atoms with van der Waals surface area (Å²) in [7, 11) is -4.34. The highest BCUT2D eigenvalue weighted by atomic mass is 32.2. The van der Waals surface area contributed by atoms with Crippen LogP contribution in [0.2, 0.25) is 0 Å². The van der Waals surface area contributed by atoms with Crippen LogP contribution >= 0.6 is 0 Å². The number of aromatic nitrogens is 1. The molecule has 1 aromatic heterocycles. The van der Waals surface area contributed by atoms with Gasteiger partial charge in [-0.15, -0.1) is 0 Å². The number of carbonyl (C=O) groups excluding carboxylic acids is 1. The molecule has 6 nitrogen and oxygen atoms in total. The number of hydrogen-bond acceptors (Lipinski definition) is 4. The summed E-state index contributed by atoms with van der Waals surface area (Å²) in [6.45, 7) is 1.11. The quantitative estimate of drug-likeness (QED) is 0.502. The van der Waals surface area contributed by atoms with E-state index < -0.39 is 70.3 Å². The molecule has 1 N–H and O–H groups in total. The van der Waals surface area contributed by atoms with E-state index in [2.05, 4.69) is 10.3 Å². The van der Waals surface area contributed by atoms with E-state index in [1.807, 2.05) is 0 Å². The Morgan fingerprint density at radius 2 is 1.74 bits per heavy atom. The Kier molecular flexibility index (Phi) is 8.08. The molecule has 1 aliphatic carbocycles. The maximum absolute atomic E-state index is 14.6. The number of amides is 1. The summed E-state index contributed by atoms with van der Waals surface area (Å²) in [6.07, 6.45) is -5.26. The minimum Gasteiger partial charge on any atom is -0.349 e. The van der Waals surface area contributed by atoms with Gasteiger partial charge in [0.2, 0.25) is 15.9 Å². The third-order valence-electron chi connectivity index (χ3n) is 7.39. The zero-order valence-electron chi connectivity index (χ0n) is 20.4. The van der Waals surface area contributed by atoms with Gasteiger partial charge in [-0.2, -0.15) is 17.5 Å². The fraction of sp³-hybridized carbons (Fsp3) is 0.520. The molecule has 2 aromatic rings. The van der Waals surface area contributed by atoms with E-state index in [0.717, 1.165) is 34.8 Å². The first kappa shape index (κ1) is 28.3. The summed E-state index contributed by atoms with van der Waals surface area (Å²) in [6, 6.07) is 2.81. The van der Waals surface area contributed by atoms with Gasteiger partial charge in [0.15, 0.2) is 0 Å². The van der Waals surface area contributed by atoms with Gasteiger partial charge in [-0.3, -0.25) is 9.78 Å². The van der Waals surface area contributed by atoms with Gasteiger partial charge >= 0.3 is 6.18 Å². The van der Waals surface area contributed by atoms with Crippen LogP contribution in [0.25, 0.3) is 0 Å². The van der Waals surface area contributed by atoms with E-state index >= 15 is 0 Å². The molecule has 208 valence electrons. The lowest BCUT2D eigenvalue weighted by Crippen LogP contribution is -2.48. The average Bonchev–Trinajstić information content (AvgIpc) is 3.18. The Balaban J connectivity index is 1.46. The number of nitrogens with one attached hydrogen (secondary N) is 1. The van der Waals surface area contributed by atoms with Crippen molar-refractivity contribution in [3.05, 3.63) is 59.4 Å². The SMILES string of the molecule is C[C@H]1[C@H](F)C[C@@H](C(=O)NCc2cc([C@H]3CC[C@@H](C(F)(F)F)CC3)c(F)cn2)N1S(=O)(=O)c1ccc(F)cc1. The second-order valence-electron chi connectivity index (χ2n) is 9.80. The zero-order chi connectivity index (χ0) is 27.8. The van der Waals surface area contributed by atoms with E-state index in [9.17, 15) is 39.6 Å². The Morgan fingerprint density at radius 1 is 1.11 bits per heavy atom. The van der Waals surface area contributed by atoms with Crippen molar-refractivity contribution >= 4 is 15.9 Å². The van der Waals surface area contributed by atoms with E-state index in [4.69, 9.17) is 0 Å². The van der Waals surface area contributed by atoms with Gasteiger partial charge in [-0.1, -0.05) is 0 Å². The first-order valence-corrected chi connectivity index (χ1v) is 13.6. The van der Waals surface area contributed by atoms with Crippen molar-refractivity contribution in [2.45, 2.75) is 80.8 Å². The molecular formula is C25H27F6N3O3S. The molecule has 2 heterocycles. The number of hydrogen-bond donors (Lipinski definition) is 1. The normalized spacial score (nSPS) is 26.9. The molecule has 1 aromatic carbocycles. The van der Waals surface area contributed by atoms with Crippen molar-refractivity contribution in [1.82, 2.24) is 14.6 Å². The molecule has 2 fully saturated rings. The number of halogens is 6. The van der Waals surface area contributed by atoms with Crippen LogP contribution < -0.4 is 5.32 Å². The summed E-state index contributed by atoms with van der Waals surface area (Å²) in [5, 5.41) is 2.52. The number of alkyl halides is 4. The second kappa shape index (κ2) is 10.8. The van der Waals surface area contributed by atoms with Crippen LogP contribution in [0.5, 0.6) is 0 Å². The lowest BCUT2D eigenvalue weighted by Gasteiger charge is -2.30. The molecule has 0 spiro atoms. The van der Waals surface area contributed by atoms with Crippen molar-refractivity contribution in [3.8, 4) is 0 Å². The molecule has 1 saturated heterocycles. The van der Waals surface area contributed by atoms with Gasteiger partial charge in [-0.25, -0.2) is 21.6 Å². The van der Waals surface area contributed by atoms with E-state index in [1.54, 1.807) is 0 Å². The summed E-state index contributed by atoms with van der Waals surface area (Å²) >= 11 is 0. The molecule has 1 amide bonds. The molecule has 0 bridgehead atoms. The molecule has 2 aliphatic rings. The number of carbonyl (C=O) groups is 1. The highest BCUT2D eigenvalue weighted by molar-refractivity contribution is 7.89. The molecular weight excluding hydrogens is 536 g/mol. The Hall–Kier alpha value is -2.67. The van der Waals surface area contributed by atoms with Gasteiger partial charge in [0.05, 0.1) is 35.3 Å². The number of rotatable bonds is 6. The molecule has 1 aliphatic heterocycles. The smallest absolute Gasteiger partial charge is 0.349 e. The van der Waals surface area contributed by atoms with Crippen LogP contribution in [-0.2, 0) is 21.4 Å². The van der Waals surface area contributed by atoms with Crippen molar-refractivity contribution in [2.24, 2.45) is 5.92 Å². The number of pyridine rings is 1. The maximum Gasteiger partial charge on any atom is 0.391 e. The third-order valence-corrected chi connectivity index (χ3v) is 9.40. The predicted octanol–water partition coefficient (Wildman–Crippen LogP) is 5.00. The topological polar surface area (TPSA) is 79.4 Å². The summed E-state index contributed by atoms with van der Waals surface area (Å²) in [4.78, 5) is 16.6. The summed E-state index contributed by atoms with van der Waals surface area (Å²) in [5.41, 5.74) is 0.437. The van der Waals surface area contributed by atoms with Gasteiger partial charge in [0.1, 0.15) is 23.8 Å². The number of nitrogens with zero attached hydrogens (tertiary/aromatic N) is 2. The van der Waals surface area contributed by atoms with Crippen LogP contribution in [0.15, 0.2) is 41.4 Å². The van der Waals surface area contributed by atoms with Crippen LogP contribution in [0.3, 0.4) is 0 Å². The largest absolute Gasteiger partial charge is 0.391 e. The van der Waals surface area contributed by atoms with E-state index in [-0.39, 0.29) is 48.4 Å². The lowest BCUT2D eigenvalue weighted by molar-refractivity contribution is -0.182. The number of benzene rings is 1. The van der Waals surface area contributed by atoms with Gasteiger partial charge < -0.3 is 5.32 Å². The summed E-state index contributed by atoms with van der Waals surface area (Å²) in [5.74, 6) is -3.94. The van der Waals surface area contributed by atoms with Crippen LogP contribution in [-0.4, -0.2) is 48.0 Å². The van der Waals surface area contributed by atoms with Crippen molar-refractivity contribution in [1.29, 1.82) is 0 Å². The lowest BCUT2D eigenvalue weighted by atomic mass is 9.78. The van der Waals surface area contributed by atoms with Crippen molar-refractivity contribution in [3.63, 3.8) is 0 Å². The van der Waals surface area contributed by atoms with Crippen molar-refractivity contribution in [2.75, 3.05) is 0 Å². The highest BCUT2D eigenvalue weighted by Gasteiger charge is 2.49. The molecule has 1 saturated carbocycles. The van der Waals surface area contributed by atoms with Crippen LogP contribution in [0.4, 0.5) is 26.3 Å². The first-order chi connectivity index (χ1) is 17.8. The first-order valence-electron chi connectivity index (χ1n) is 12.2. The van der Waals surface area contributed by atoms with Gasteiger partial charge in [-0.05, 0) is 74.4 Å². The fourth-order valence-corrected chi connectivity index (χ4v) is 7.04. The molecule has 0 radical (unpaired) electrons. The third kappa shape index (κ3) is 5.83. The monoisotopic (exact) mass is 563 g/mol. The molecule has 3 atom stereocenters. The minimum absolute atomic E-state index is 0.107. The minimum atomic E-state index is -4.34. The Labute approximate surface area is 216 Å². The Morgan fingerprint density at radius 3 is 2.34 bits per heavy atom. The highest BCUT2D eigenvalue weighted by Crippen LogP contribution is 2.43. The van der Waals surface area contributed by atoms with Gasteiger partial charge in [0.25, 0.3) is 0 Å². The van der Waals surface area contributed by atoms with Crippen LogP contribution in [0, 0.1) is 17.6 Å². The molecule has 13 heteroatoms. The second-order valence-corrected chi connectivity index (χ2v) is 11.6. The Bertz CT molecular complexity index is 1260. The fourth-order valence-electron chi connectivity index (χ4n) is 5.23. The molecule has 4 rings (SSSR count). The molecule has 38 heavy (non-hydrogen) atoms. The van der Waals surface area contributed by atoms with Crippen molar-refractivity contribution < 1.29 is 39.6 Å².